The average molecular weight is 272 g/mol. The fraction of sp³-hybridized carbons (Fsp3) is 1.00. The molecule has 0 bridgehead atoms. The van der Waals surface area contributed by atoms with E-state index < -0.39 is 0 Å². The van der Waals surface area contributed by atoms with Gasteiger partial charge in [0.05, 0.1) is 5.60 Å². The van der Waals surface area contributed by atoms with Crippen molar-refractivity contribution >= 4 is 31.9 Å². The smallest absolute Gasteiger partial charge is 0.117 e. The van der Waals surface area contributed by atoms with Gasteiger partial charge in [0, 0.05) is 12.5 Å². The number of ether oxygens (including phenoxy) is 1. The molecule has 1 aliphatic rings. The first-order chi connectivity index (χ1) is 4.31. The number of rotatable bonds is 1. The fourth-order valence-electron chi connectivity index (χ4n) is 1.32. The van der Waals surface area contributed by atoms with Gasteiger partial charge in [-0.15, -0.1) is 0 Å². The molecule has 0 aromatic heterocycles. The van der Waals surface area contributed by atoms with Crippen LogP contribution < -0.4 is 0 Å². The average Bonchev–Trinajstić information content (AvgIpc) is 2.11. The molecule has 1 aliphatic carbocycles. The van der Waals surface area contributed by atoms with Gasteiger partial charge < -0.3 is 4.74 Å². The predicted octanol–water partition coefficient (Wildman–Crippen LogP) is 2.92. The Morgan fingerprint density at radius 3 is 1.40 bits per heavy atom. The highest BCUT2D eigenvalue weighted by molar-refractivity contribution is 9.25. The first-order valence-electron chi connectivity index (χ1n) is 3.24. The SMILES string of the molecule is COC1(C)C(C)(C)C1(Br)Br. The molecule has 1 nitrogen and oxygen atoms in total. The summed E-state index contributed by atoms with van der Waals surface area (Å²) >= 11 is 7.16. The zero-order valence-electron chi connectivity index (χ0n) is 6.66. The summed E-state index contributed by atoms with van der Waals surface area (Å²) in [5.74, 6) is 0. The Balaban J connectivity index is 2.90. The zero-order valence-corrected chi connectivity index (χ0v) is 9.84. The molecule has 0 spiro atoms. The van der Waals surface area contributed by atoms with Gasteiger partial charge in [-0.1, -0.05) is 45.7 Å². The van der Waals surface area contributed by atoms with E-state index in [0.29, 0.717) is 0 Å². The molecule has 1 saturated carbocycles. The van der Waals surface area contributed by atoms with Gasteiger partial charge in [-0.05, 0) is 6.92 Å². The zero-order chi connectivity index (χ0) is 8.21. The highest BCUT2D eigenvalue weighted by Crippen LogP contribution is 2.74. The van der Waals surface area contributed by atoms with Crippen molar-refractivity contribution in [3.8, 4) is 0 Å². The summed E-state index contributed by atoms with van der Waals surface area (Å²) in [5, 5.41) is 0. The summed E-state index contributed by atoms with van der Waals surface area (Å²) in [5.41, 5.74) is 0.0781. The Hall–Kier alpha value is 0.920. The van der Waals surface area contributed by atoms with Crippen molar-refractivity contribution in [2.75, 3.05) is 7.11 Å². The molecule has 0 radical (unpaired) electrons. The van der Waals surface area contributed by atoms with Crippen molar-refractivity contribution in [2.45, 2.75) is 29.6 Å². The maximum Gasteiger partial charge on any atom is 0.117 e. The highest BCUT2D eigenvalue weighted by Gasteiger charge is 2.79. The lowest BCUT2D eigenvalue weighted by Gasteiger charge is -2.10. The van der Waals surface area contributed by atoms with E-state index in [1.165, 1.54) is 0 Å². The van der Waals surface area contributed by atoms with E-state index >= 15 is 0 Å². The van der Waals surface area contributed by atoms with Gasteiger partial charge >= 0.3 is 0 Å². The van der Waals surface area contributed by atoms with Crippen LogP contribution in [0.15, 0.2) is 0 Å². The number of halogens is 2. The molecular weight excluding hydrogens is 260 g/mol. The summed E-state index contributed by atoms with van der Waals surface area (Å²) in [6, 6.07) is 0. The second-order valence-electron chi connectivity index (χ2n) is 3.44. The first-order valence-corrected chi connectivity index (χ1v) is 4.83. The van der Waals surface area contributed by atoms with Crippen molar-refractivity contribution in [3.63, 3.8) is 0 Å². The Kier molecular flexibility index (Phi) is 1.79. The van der Waals surface area contributed by atoms with Crippen LogP contribution in [0.1, 0.15) is 20.8 Å². The molecule has 0 aliphatic heterocycles. The van der Waals surface area contributed by atoms with E-state index in [9.17, 15) is 0 Å². The lowest BCUT2D eigenvalue weighted by Crippen LogP contribution is -2.15. The van der Waals surface area contributed by atoms with E-state index in [2.05, 4.69) is 52.6 Å². The minimum atomic E-state index is -0.0833. The molecule has 60 valence electrons. The van der Waals surface area contributed by atoms with Crippen LogP contribution in [0.5, 0.6) is 0 Å². The minimum Gasteiger partial charge on any atom is -0.375 e. The third-order valence-corrected chi connectivity index (χ3v) is 6.42. The van der Waals surface area contributed by atoms with E-state index in [0.717, 1.165) is 0 Å². The van der Waals surface area contributed by atoms with Gasteiger partial charge in [0.2, 0.25) is 0 Å². The number of methoxy groups -OCH3 is 1. The van der Waals surface area contributed by atoms with Crippen molar-refractivity contribution in [1.29, 1.82) is 0 Å². The summed E-state index contributed by atoms with van der Waals surface area (Å²) in [6.45, 7) is 6.43. The van der Waals surface area contributed by atoms with Crippen LogP contribution in [-0.2, 0) is 4.74 Å². The van der Waals surface area contributed by atoms with Crippen molar-refractivity contribution < 1.29 is 4.74 Å². The normalized spacial score (nSPS) is 41.4. The number of alkyl halides is 2. The Labute approximate surface area is 78.8 Å². The predicted molar refractivity (Wildman–Crippen MR) is 49.8 cm³/mol. The summed E-state index contributed by atoms with van der Waals surface area (Å²) in [6.07, 6.45) is 0. The van der Waals surface area contributed by atoms with Crippen LogP contribution >= 0.6 is 31.9 Å². The van der Waals surface area contributed by atoms with Gasteiger partial charge in [-0.25, -0.2) is 0 Å². The number of hydrogen-bond acceptors (Lipinski definition) is 1. The molecule has 1 unspecified atom stereocenters. The molecule has 0 aromatic carbocycles. The minimum absolute atomic E-state index is 0.0469. The van der Waals surface area contributed by atoms with Crippen molar-refractivity contribution in [3.05, 3.63) is 0 Å². The quantitative estimate of drug-likeness (QED) is 0.667. The monoisotopic (exact) mass is 270 g/mol. The Morgan fingerprint density at radius 2 is 1.40 bits per heavy atom. The van der Waals surface area contributed by atoms with Gasteiger partial charge in [-0.3, -0.25) is 0 Å². The van der Waals surface area contributed by atoms with Crippen LogP contribution in [0, 0.1) is 5.41 Å². The molecule has 0 aromatic rings. The molecule has 0 amide bonds. The molecule has 1 fully saturated rings. The third-order valence-electron chi connectivity index (χ3n) is 2.92. The second kappa shape index (κ2) is 1.99. The molecule has 1 atom stereocenters. The van der Waals surface area contributed by atoms with E-state index in [-0.39, 0.29) is 14.2 Å². The van der Waals surface area contributed by atoms with Gasteiger partial charge in [0.1, 0.15) is 3.23 Å². The largest absolute Gasteiger partial charge is 0.375 e. The van der Waals surface area contributed by atoms with Gasteiger partial charge in [-0.2, -0.15) is 0 Å². The third kappa shape index (κ3) is 0.669. The van der Waals surface area contributed by atoms with E-state index in [1.807, 2.05) is 0 Å². The van der Waals surface area contributed by atoms with Crippen molar-refractivity contribution in [1.82, 2.24) is 0 Å². The topological polar surface area (TPSA) is 9.23 Å². The Morgan fingerprint density at radius 1 is 1.10 bits per heavy atom. The maximum atomic E-state index is 5.39. The van der Waals surface area contributed by atoms with Crippen LogP contribution in [0.4, 0.5) is 0 Å². The highest BCUT2D eigenvalue weighted by atomic mass is 79.9. The summed E-state index contributed by atoms with van der Waals surface area (Å²) in [7, 11) is 1.74. The summed E-state index contributed by atoms with van der Waals surface area (Å²) in [4.78, 5) is 0. The first kappa shape index (κ1) is 9.01. The molecule has 3 heteroatoms. The molecule has 1 rings (SSSR count). The van der Waals surface area contributed by atoms with Gasteiger partial charge in [0.25, 0.3) is 0 Å². The lowest BCUT2D eigenvalue weighted by molar-refractivity contribution is 0.0650. The van der Waals surface area contributed by atoms with Crippen molar-refractivity contribution in [2.24, 2.45) is 5.41 Å². The molecule has 0 saturated heterocycles. The Bertz CT molecular complexity index is 149. The van der Waals surface area contributed by atoms with Crippen LogP contribution in [0.3, 0.4) is 0 Å². The van der Waals surface area contributed by atoms with Crippen LogP contribution in [0.25, 0.3) is 0 Å². The molecule has 10 heavy (non-hydrogen) atoms. The molecule has 0 N–H and O–H groups in total. The van der Waals surface area contributed by atoms with Crippen LogP contribution in [0.2, 0.25) is 0 Å². The number of hydrogen-bond donors (Lipinski definition) is 0. The second-order valence-corrected chi connectivity index (χ2v) is 6.88. The van der Waals surface area contributed by atoms with E-state index in [4.69, 9.17) is 4.74 Å². The standard InChI is InChI=1S/C7H12Br2O/c1-5(2)6(3,10-4)7(5,8)9/h1-4H3. The van der Waals surface area contributed by atoms with Gasteiger partial charge in [0.15, 0.2) is 0 Å². The molecule has 0 heterocycles. The maximum absolute atomic E-state index is 5.39. The fourth-order valence-corrected chi connectivity index (χ4v) is 3.19. The molecular formula is C7H12Br2O. The van der Waals surface area contributed by atoms with Crippen LogP contribution in [-0.4, -0.2) is 15.9 Å². The van der Waals surface area contributed by atoms with E-state index in [1.54, 1.807) is 7.11 Å². The lowest BCUT2D eigenvalue weighted by atomic mass is 10.1. The summed E-state index contributed by atoms with van der Waals surface area (Å²) < 4.78 is 5.34.